The van der Waals surface area contributed by atoms with Crippen molar-refractivity contribution in [3.63, 3.8) is 0 Å². The summed E-state index contributed by atoms with van der Waals surface area (Å²) >= 11 is 0. The number of carbonyl (C=O) groups excluding carboxylic acids is 2. The number of esters is 2. The van der Waals surface area contributed by atoms with Crippen LogP contribution in [-0.4, -0.2) is 11.9 Å². The zero-order chi connectivity index (χ0) is 10.1. The van der Waals surface area contributed by atoms with Gasteiger partial charge in [0.05, 0.1) is 0 Å². The monoisotopic (exact) mass is 250 g/mol. The van der Waals surface area contributed by atoms with Gasteiger partial charge in [0.1, 0.15) is 0 Å². The van der Waals surface area contributed by atoms with Crippen LogP contribution in [0.1, 0.15) is 52.4 Å². The number of hydrogen-bond acceptors (Lipinski definition) is 3. The molecule has 0 unspecified atom stereocenters. The van der Waals surface area contributed by atoms with Crippen molar-refractivity contribution >= 4 is 11.9 Å². The van der Waals surface area contributed by atoms with Crippen LogP contribution >= 0.6 is 0 Å². The number of ether oxygens (including phenoxy) is 1. The van der Waals surface area contributed by atoms with E-state index in [2.05, 4.69) is 11.7 Å². The normalized spacial score (nSPS) is 9.00. The van der Waals surface area contributed by atoms with Crippen molar-refractivity contribution in [3.05, 3.63) is 0 Å². The summed E-state index contributed by atoms with van der Waals surface area (Å²) in [6.07, 6.45) is 5.79. The maximum Gasteiger partial charge on any atom is 0.313 e. The Hall–Kier alpha value is -0.237. The van der Waals surface area contributed by atoms with Crippen LogP contribution in [-0.2, 0) is 33.8 Å². The minimum Gasteiger partial charge on any atom is -0.393 e. The van der Waals surface area contributed by atoms with Gasteiger partial charge in [-0.25, -0.2) is 0 Å². The number of unbranched alkanes of at least 4 members (excludes halogenated alkanes) is 4. The smallest absolute Gasteiger partial charge is 0.313 e. The first kappa shape index (κ1) is 16.2. The Bertz CT molecular complexity index is 169. The van der Waals surface area contributed by atoms with Gasteiger partial charge in [0.25, 0.3) is 0 Å². The van der Waals surface area contributed by atoms with Gasteiger partial charge in [-0.2, -0.15) is 0 Å². The Kier molecular flexibility index (Phi) is 12.5. The first-order valence-corrected chi connectivity index (χ1v) is 4.88. The fraction of sp³-hybridized carbons (Fsp3) is 0.800. The van der Waals surface area contributed by atoms with Crippen molar-refractivity contribution in [3.8, 4) is 0 Å². The molecule has 0 N–H and O–H groups in total. The summed E-state index contributed by atoms with van der Waals surface area (Å²) in [4.78, 5) is 21.2. The van der Waals surface area contributed by atoms with Crippen molar-refractivity contribution in [2.75, 3.05) is 0 Å². The standard InChI is InChI=1S/C10H18O3.Zn/c1-3-4-5-6-7-8-10(12)13-9(2)11;/h3-8H2,1-2H3;. The predicted octanol–water partition coefficient (Wildman–Crippen LogP) is 2.43. The SMILES string of the molecule is CCCCCCCC(=O)OC(C)=O.[Zn]. The maximum atomic E-state index is 10.8. The van der Waals surface area contributed by atoms with Crippen molar-refractivity contribution in [2.45, 2.75) is 52.4 Å². The number of carbonyl (C=O) groups is 2. The second-order valence-corrected chi connectivity index (χ2v) is 3.13. The van der Waals surface area contributed by atoms with E-state index in [-0.39, 0.29) is 19.5 Å². The molecule has 0 rings (SSSR count). The van der Waals surface area contributed by atoms with Gasteiger partial charge in [-0.1, -0.05) is 32.6 Å². The van der Waals surface area contributed by atoms with Gasteiger partial charge in [0.2, 0.25) is 0 Å². The van der Waals surface area contributed by atoms with E-state index in [9.17, 15) is 9.59 Å². The molecule has 0 aromatic heterocycles. The van der Waals surface area contributed by atoms with E-state index in [0.717, 1.165) is 19.3 Å². The molecule has 78 valence electrons. The molecule has 0 aromatic rings. The van der Waals surface area contributed by atoms with Crippen LogP contribution in [0.15, 0.2) is 0 Å². The fourth-order valence-corrected chi connectivity index (χ4v) is 1.08. The van der Waals surface area contributed by atoms with Gasteiger partial charge >= 0.3 is 11.9 Å². The van der Waals surface area contributed by atoms with Crippen molar-refractivity contribution in [2.24, 2.45) is 0 Å². The summed E-state index contributed by atoms with van der Waals surface area (Å²) in [6.45, 7) is 3.39. The van der Waals surface area contributed by atoms with Crippen LogP contribution in [0.2, 0.25) is 0 Å². The van der Waals surface area contributed by atoms with E-state index in [1.807, 2.05) is 0 Å². The second kappa shape index (κ2) is 10.8. The van der Waals surface area contributed by atoms with E-state index < -0.39 is 11.9 Å². The van der Waals surface area contributed by atoms with Gasteiger partial charge in [-0.3, -0.25) is 9.59 Å². The Morgan fingerprint density at radius 3 is 2.14 bits per heavy atom. The third kappa shape index (κ3) is 11.8. The summed E-state index contributed by atoms with van der Waals surface area (Å²) in [7, 11) is 0. The van der Waals surface area contributed by atoms with Gasteiger partial charge in [-0.05, 0) is 6.42 Å². The molecule has 0 saturated heterocycles. The van der Waals surface area contributed by atoms with Crippen LogP contribution in [0.4, 0.5) is 0 Å². The van der Waals surface area contributed by atoms with Crippen molar-refractivity contribution < 1.29 is 33.8 Å². The molecule has 0 aromatic carbocycles. The van der Waals surface area contributed by atoms with E-state index >= 15 is 0 Å². The average Bonchev–Trinajstić information content (AvgIpc) is 2.02. The largest absolute Gasteiger partial charge is 0.393 e. The minimum absolute atomic E-state index is 0. The zero-order valence-electron chi connectivity index (χ0n) is 9.17. The van der Waals surface area contributed by atoms with Gasteiger partial charge in [0.15, 0.2) is 0 Å². The van der Waals surface area contributed by atoms with Crippen LogP contribution in [0.3, 0.4) is 0 Å². The molecule has 3 nitrogen and oxygen atoms in total. The molecule has 0 fully saturated rings. The first-order valence-electron chi connectivity index (χ1n) is 4.88. The molecule has 0 atom stereocenters. The maximum absolute atomic E-state index is 10.8. The Labute approximate surface area is 98.3 Å². The molecule has 0 saturated carbocycles. The fourth-order valence-electron chi connectivity index (χ4n) is 1.08. The topological polar surface area (TPSA) is 43.4 Å². The van der Waals surface area contributed by atoms with Gasteiger partial charge < -0.3 is 4.74 Å². The molecule has 4 heteroatoms. The molecule has 0 aliphatic carbocycles. The first-order chi connectivity index (χ1) is 6.16. The van der Waals surface area contributed by atoms with E-state index in [1.165, 1.54) is 19.8 Å². The van der Waals surface area contributed by atoms with Gasteiger partial charge in [0, 0.05) is 32.8 Å². The summed E-state index contributed by atoms with van der Waals surface area (Å²) in [5.41, 5.74) is 0. The molecule has 0 spiro atoms. The molecule has 0 radical (unpaired) electrons. The quantitative estimate of drug-likeness (QED) is 0.315. The Morgan fingerprint density at radius 1 is 1.07 bits per heavy atom. The molecule has 0 amide bonds. The van der Waals surface area contributed by atoms with Gasteiger partial charge in [-0.15, -0.1) is 0 Å². The number of hydrogen-bond donors (Lipinski definition) is 0. The van der Waals surface area contributed by atoms with Crippen LogP contribution in [0.5, 0.6) is 0 Å². The van der Waals surface area contributed by atoms with E-state index in [1.54, 1.807) is 0 Å². The average molecular weight is 252 g/mol. The Morgan fingerprint density at radius 2 is 1.64 bits per heavy atom. The predicted molar refractivity (Wildman–Crippen MR) is 50.1 cm³/mol. The number of rotatable bonds is 6. The third-order valence-corrected chi connectivity index (χ3v) is 1.74. The molecule has 0 bridgehead atoms. The van der Waals surface area contributed by atoms with E-state index in [4.69, 9.17) is 0 Å². The minimum atomic E-state index is -0.515. The van der Waals surface area contributed by atoms with Crippen molar-refractivity contribution in [1.29, 1.82) is 0 Å². The van der Waals surface area contributed by atoms with Crippen LogP contribution < -0.4 is 0 Å². The molecule has 0 heterocycles. The molecular weight excluding hydrogens is 233 g/mol. The van der Waals surface area contributed by atoms with E-state index in [0.29, 0.717) is 6.42 Å². The molecule has 0 aliphatic heterocycles. The molecule has 0 aliphatic rings. The summed E-state index contributed by atoms with van der Waals surface area (Å²) in [6, 6.07) is 0. The summed E-state index contributed by atoms with van der Waals surface area (Å²) in [5, 5.41) is 0. The summed E-state index contributed by atoms with van der Waals surface area (Å²) < 4.78 is 4.38. The molecular formula is C10H18O3Zn. The summed E-state index contributed by atoms with van der Waals surface area (Å²) in [5.74, 6) is -0.914. The Balaban J connectivity index is 0. The molecule has 14 heavy (non-hydrogen) atoms. The van der Waals surface area contributed by atoms with Crippen LogP contribution in [0.25, 0.3) is 0 Å². The zero-order valence-corrected chi connectivity index (χ0v) is 12.1. The third-order valence-electron chi connectivity index (χ3n) is 1.74. The second-order valence-electron chi connectivity index (χ2n) is 3.13. The van der Waals surface area contributed by atoms with Crippen molar-refractivity contribution in [1.82, 2.24) is 0 Å². The van der Waals surface area contributed by atoms with Crippen LogP contribution in [0, 0.1) is 0 Å².